The number of hydrogen-bond acceptors (Lipinski definition) is 2. The van der Waals surface area contributed by atoms with Crippen molar-refractivity contribution in [2.45, 2.75) is 20.1 Å². The van der Waals surface area contributed by atoms with E-state index in [9.17, 15) is 17.3 Å². The maximum Gasteiger partial charge on any atom is 0.673 e. The molecule has 0 fully saturated rings. The number of ether oxygens (including phenoxy) is 2. The van der Waals surface area contributed by atoms with Gasteiger partial charge in [0.1, 0.15) is 24.7 Å². The van der Waals surface area contributed by atoms with E-state index in [0.717, 1.165) is 45.1 Å². The van der Waals surface area contributed by atoms with Crippen LogP contribution in [0.15, 0.2) is 164 Å². The number of benzene rings is 6. The summed E-state index contributed by atoms with van der Waals surface area (Å²) in [6, 6.07) is 54.7. The highest BCUT2D eigenvalue weighted by molar-refractivity contribution is 6.50. The third-order valence-corrected chi connectivity index (χ3v) is 8.12. The molecule has 0 spiro atoms. The summed E-state index contributed by atoms with van der Waals surface area (Å²) in [6.07, 6.45) is 2.26. The summed E-state index contributed by atoms with van der Waals surface area (Å²) in [7, 11) is -6.00. The Morgan fingerprint density at radius 3 is 1.52 bits per heavy atom. The van der Waals surface area contributed by atoms with Crippen molar-refractivity contribution in [3.05, 3.63) is 181 Å². The predicted octanol–water partition coefficient (Wildman–Crippen LogP) is 11.2. The third-order valence-electron chi connectivity index (χ3n) is 8.12. The van der Waals surface area contributed by atoms with E-state index in [1.165, 1.54) is 21.9 Å². The number of aryl methyl sites for hydroxylation is 1. The molecule has 7 aromatic rings. The number of aromatic nitrogens is 1. The first-order valence-electron chi connectivity index (χ1n) is 16.2. The zero-order chi connectivity index (χ0) is 34.9. The number of fused-ring (bicyclic) bond motifs is 1. The number of para-hydroxylation sites is 1. The Morgan fingerprint density at radius 2 is 0.980 bits per heavy atom. The molecule has 1 aromatic heterocycles. The Labute approximate surface area is 289 Å². The van der Waals surface area contributed by atoms with Crippen molar-refractivity contribution in [1.82, 2.24) is 0 Å². The van der Waals surface area contributed by atoms with Gasteiger partial charge in [0, 0.05) is 28.0 Å². The van der Waals surface area contributed by atoms with Gasteiger partial charge in [0.15, 0.2) is 6.20 Å². The van der Waals surface area contributed by atoms with Gasteiger partial charge in [-0.05, 0) is 66.1 Å². The molecule has 50 heavy (non-hydrogen) atoms. The minimum absolute atomic E-state index is 0.531. The first kappa shape index (κ1) is 34.0. The molecule has 0 amide bonds. The molecule has 7 rings (SSSR count). The molecule has 0 aliphatic carbocycles. The third kappa shape index (κ3) is 8.77. The van der Waals surface area contributed by atoms with Crippen LogP contribution in [0.4, 0.5) is 17.3 Å². The standard InChI is InChI=1S/C42H34NO2.BF4/c1-31-12-8-11-19-40(31)43-28-36-17-9-10-18-39(36)41(34-20-24-37(25-21-34)44-29-32-13-4-2-5-14-32)42(43)35-22-26-38(27-23-35)45-30-33-15-6-3-7-16-33;2-1(3,4)5/h2-28H,29-30H2,1H3;/q+1;-1. The van der Waals surface area contributed by atoms with Gasteiger partial charge in [-0.25, -0.2) is 0 Å². The van der Waals surface area contributed by atoms with Crippen LogP contribution in [-0.4, -0.2) is 7.25 Å². The van der Waals surface area contributed by atoms with E-state index in [1.807, 2.05) is 36.4 Å². The molecular formula is C42H34BF4NO2. The first-order valence-corrected chi connectivity index (χ1v) is 16.2. The maximum absolute atomic E-state index is 9.75. The summed E-state index contributed by atoms with van der Waals surface area (Å²) in [5.41, 5.74) is 9.17. The Balaban J connectivity index is 0.000000808. The molecule has 3 nitrogen and oxygen atoms in total. The molecule has 250 valence electrons. The fourth-order valence-corrected chi connectivity index (χ4v) is 5.80. The number of nitrogens with zero attached hydrogens (tertiary/aromatic N) is 1. The van der Waals surface area contributed by atoms with E-state index < -0.39 is 7.25 Å². The van der Waals surface area contributed by atoms with Crippen LogP contribution in [0.5, 0.6) is 11.5 Å². The lowest BCUT2D eigenvalue weighted by atomic mass is 9.93. The number of rotatable bonds is 9. The number of hydrogen-bond donors (Lipinski definition) is 0. The highest BCUT2D eigenvalue weighted by Crippen LogP contribution is 2.38. The second-order valence-corrected chi connectivity index (χ2v) is 11.7. The average molecular weight is 672 g/mol. The van der Waals surface area contributed by atoms with Crippen LogP contribution in [0, 0.1) is 6.92 Å². The van der Waals surface area contributed by atoms with Crippen molar-refractivity contribution in [1.29, 1.82) is 0 Å². The molecule has 6 aromatic carbocycles. The minimum atomic E-state index is -6.00. The summed E-state index contributed by atoms with van der Waals surface area (Å²) < 4.78 is 53.6. The summed E-state index contributed by atoms with van der Waals surface area (Å²) in [6.45, 7) is 3.23. The fraction of sp³-hybridized carbons (Fsp3) is 0.0714. The van der Waals surface area contributed by atoms with Crippen LogP contribution < -0.4 is 14.0 Å². The smallest absolute Gasteiger partial charge is 0.489 e. The van der Waals surface area contributed by atoms with Crippen molar-refractivity contribution >= 4 is 18.0 Å². The lowest BCUT2D eigenvalue weighted by Crippen LogP contribution is -2.35. The molecule has 0 radical (unpaired) electrons. The summed E-state index contributed by atoms with van der Waals surface area (Å²) in [5.74, 6) is 1.68. The Bertz CT molecular complexity index is 2150. The van der Waals surface area contributed by atoms with Gasteiger partial charge in [0.25, 0.3) is 0 Å². The quantitative estimate of drug-likeness (QED) is 0.0866. The van der Waals surface area contributed by atoms with Gasteiger partial charge < -0.3 is 26.7 Å². The van der Waals surface area contributed by atoms with Gasteiger partial charge in [-0.3, -0.25) is 0 Å². The SMILES string of the molecule is Cc1ccccc1-[n+]1cc2ccccc2c(-c2ccc(OCc3ccccc3)cc2)c1-c1ccc(OCc2ccccc2)cc1.F[B-](F)(F)F. The van der Waals surface area contributed by atoms with Gasteiger partial charge in [-0.2, -0.15) is 4.57 Å². The van der Waals surface area contributed by atoms with Crippen LogP contribution >= 0.6 is 0 Å². The first-order chi connectivity index (χ1) is 24.2. The van der Waals surface area contributed by atoms with Crippen LogP contribution in [0.2, 0.25) is 0 Å². The van der Waals surface area contributed by atoms with E-state index in [2.05, 4.69) is 139 Å². The average Bonchev–Trinajstić information content (AvgIpc) is 3.13. The summed E-state index contributed by atoms with van der Waals surface area (Å²) in [4.78, 5) is 0. The van der Waals surface area contributed by atoms with Gasteiger partial charge in [-0.1, -0.05) is 109 Å². The van der Waals surface area contributed by atoms with Crippen LogP contribution in [0.25, 0.3) is 38.8 Å². The second-order valence-electron chi connectivity index (χ2n) is 11.7. The van der Waals surface area contributed by atoms with Crippen molar-refractivity contribution in [3.63, 3.8) is 0 Å². The molecule has 0 N–H and O–H groups in total. The molecular weight excluding hydrogens is 637 g/mol. The molecule has 0 saturated carbocycles. The Kier molecular flexibility index (Phi) is 10.6. The van der Waals surface area contributed by atoms with Crippen molar-refractivity contribution in [3.8, 4) is 39.6 Å². The summed E-state index contributed by atoms with van der Waals surface area (Å²) in [5, 5.41) is 2.37. The van der Waals surface area contributed by atoms with Crippen LogP contribution in [0.3, 0.4) is 0 Å². The second kappa shape index (κ2) is 15.6. The maximum atomic E-state index is 9.75. The van der Waals surface area contributed by atoms with Crippen LogP contribution in [0.1, 0.15) is 16.7 Å². The highest BCUT2D eigenvalue weighted by atomic mass is 19.5. The topological polar surface area (TPSA) is 22.3 Å². The zero-order valence-electron chi connectivity index (χ0n) is 27.4. The Morgan fingerprint density at radius 1 is 0.520 bits per heavy atom. The van der Waals surface area contributed by atoms with Crippen molar-refractivity contribution in [2.24, 2.45) is 0 Å². The van der Waals surface area contributed by atoms with Gasteiger partial charge in [-0.15, -0.1) is 0 Å². The van der Waals surface area contributed by atoms with Gasteiger partial charge in [0.2, 0.25) is 11.4 Å². The monoisotopic (exact) mass is 671 g/mol. The normalized spacial score (nSPS) is 11.1. The van der Waals surface area contributed by atoms with Gasteiger partial charge >= 0.3 is 7.25 Å². The molecule has 8 heteroatoms. The fourth-order valence-electron chi connectivity index (χ4n) is 5.80. The van der Waals surface area contributed by atoms with E-state index >= 15 is 0 Å². The zero-order valence-corrected chi connectivity index (χ0v) is 27.4. The summed E-state index contributed by atoms with van der Waals surface area (Å²) >= 11 is 0. The molecule has 0 saturated heterocycles. The van der Waals surface area contributed by atoms with Crippen LogP contribution in [-0.2, 0) is 13.2 Å². The number of halogens is 4. The lowest BCUT2D eigenvalue weighted by molar-refractivity contribution is -0.582. The van der Waals surface area contributed by atoms with E-state index in [1.54, 1.807) is 0 Å². The highest BCUT2D eigenvalue weighted by Gasteiger charge is 2.26. The largest absolute Gasteiger partial charge is 0.673 e. The molecule has 0 unspecified atom stereocenters. The molecule has 1 heterocycles. The van der Waals surface area contributed by atoms with Gasteiger partial charge in [0.05, 0.1) is 5.56 Å². The molecule has 0 atom stereocenters. The van der Waals surface area contributed by atoms with E-state index in [0.29, 0.717) is 13.2 Å². The lowest BCUT2D eigenvalue weighted by Gasteiger charge is -2.15. The number of pyridine rings is 1. The molecule has 0 aliphatic rings. The molecule has 0 aliphatic heterocycles. The van der Waals surface area contributed by atoms with Crippen molar-refractivity contribution in [2.75, 3.05) is 0 Å². The predicted molar refractivity (Wildman–Crippen MR) is 193 cm³/mol. The molecule has 0 bridgehead atoms. The van der Waals surface area contributed by atoms with Crippen molar-refractivity contribution < 1.29 is 31.3 Å². The minimum Gasteiger partial charge on any atom is -0.489 e. The Hall–Kier alpha value is -5.89. The van der Waals surface area contributed by atoms with E-state index in [-0.39, 0.29) is 0 Å². The van der Waals surface area contributed by atoms with E-state index in [4.69, 9.17) is 9.47 Å².